The topological polar surface area (TPSA) is 29.5 Å². The third-order valence-electron chi connectivity index (χ3n) is 4.85. The maximum Gasteiger partial charge on any atom is 0.318 e. The van der Waals surface area contributed by atoms with E-state index in [1.165, 1.54) is 0 Å². The Bertz CT molecular complexity index is 615. The average molecular weight is 323 g/mol. The summed E-state index contributed by atoms with van der Waals surface area (Å²) in [4.78, 5) is 15.2. The van der Waals surface area contributed by atoms with Crippen LogP contribution in [-0.2, 0) is 9.53 Å². The number of rotatable bonds is 5. The Morgan fingerprint density at radius 1 is 0.958 bits per heavy atom. The summed E-state index contributed by atoms with van der Waals surface area (Å²) >= 11 is 0. The SMILES string of the molecule is CN(C)[C@H]1CCC[C@H]1OC(=O)C(c1ccccc1)c1ccccc1. The fourth-order valence-corrected chi connectivity index (χ4v) is 3.61. The summed E-state index contributed by atoms with van der Waals surface area (Å²) in [5.74, 6) is -0.512. The van der Waals surface area contributed by atoms with E-state index >= 15 is 0 Å². The van der Waals surface area contributed by atoms with E-state index in [1.807, 2.05) is 60.7 Å². The first-order chi connectivity index (χ1) is 11.7. The zero-order chi connectivity index (χ0) is 16.9. The van der Waals surface area contributed by atoms with Crippen molar-refractivity contribution in [1.82, 2.24) is 4.90 Å². The van der Waals surface area contributed by atoms with Gasteiger partial charge in [0.05, 0.1) is 0 Å². The van der Waals surface area contributed by atoms with E-state index in [0.29, 0.717) is 6.04 Å². The number of esters is 1. The highest BCUT2D eigenvalue weighted by Gasteiger charge is 2.34. The summed E-state index contributed by atoms with van der Waals surface area (Å²) < 4.78 is 5.98. The van der Waals surface area contributed by atoms with Crippen LogP contribution in [0.1, 0.15) is 36.3 Å². The average Bonchev–Trinajstić information content (AvgIpc) is 3.05. The van der Waals surface area contributed by atoms with Gasteiger partial charge in [-0.2, -0.15) is 0 Å². The molecule has 0 saturated heterocycles. The summed E-state index contributed by atoms with van der Waals surface area (Å²) in [6.07, 6.45) is 3.14. The van der Waals surface area contributed by atoms with E-state index < -0.39 is 0 Å². The van der Waals surface area contributed by atoms with Crippen molar-refractivity contribution in [3.8, 4) is 0 Å². The highest BCUT2D eigenvalue weighted by Crippen LogP contribution is 2.30. The molecule has 1 saturated carbocycles. The fraction of sp³-hybridized carbons (Fsp3) is 0.381. The first-order valence-electron chi connectivity index (χ1n) is 8.63. The molecule has 0 heterocycles. The van der Waals surface area contributed by atoms with Gasteiger partial charge >= 0.3 is 5.97 Å². The van der Waals surface area contributed by atoms with Crippen molar-refractivity contribution >= 4 is 5.97 Å². The Labute approximate surface area is 144 Å². The summed E-state index contributed by atoms with van der Waals surface area (Å²) in [5, 5.41) is 0. The fourth-order valence-electron chi connectivity index (χ4n) is 3.61. The molecule has 1 aliphatic rings. The maximum absolute atomic E-state index is 13.0. The molecule has 1 fully saturated rings. The van der Waals surface area contributed by atoms with Gasteiger partial charge in [0.2, 0.25) is 0 Å². The number of ether oxygens (including phenoxy) is 1. The van der Waals surface area contributed by atoms with Gasteiger partial charge in [0, 0.05) is 6.04 Å². The molecule has 3 heteroatoms. The molecular weight excluding hydrogens is 298 g/mol. The molecule has 0 aromatic heterocycles. The first kappa shape index (κ1) is 16.7. The van der Waals surface area contributed by atoms with Crippen molar-refractivity contribution < 1.29 is 9.53 Å². The van der Waals surface area contributed by atoms with Crippen LogP contribution >= 0.6 is 0 Å². The first-order valence-corrected chi connectivity index (χ1v) is 8.63. The van der Waals surface area contributed by atoms with Crippen molar-refractivity contribution in [2.75, 3.05) is 14.1 Å². The highest BCUT2D eigenvalue weighted by atomic mass is 16.5. The van der Waals surface area contributed by atoms with Gasteiger partial charge in [0.1, 0.15) is 12.0 Å². The van der Waals surface area contributed by atoms with Crippen molar-refractivity contribution in [2.45, 2.75) is 37.3 Å². The highest BCUT2D eigenvalue weighted by molar-refractivity contribution is 5.82. The number of likely N-dealkylation sites (N-methyl/N-ethyl adjacent to an activating group) is 1. The van der Waals surface area contributed by atoms with Crippen LogP contribution in [0.5, 0.6) is 0 Å². The third-order valence-corrected chi connectivity index (χ3v) is 4.85. The summed E-state index contributed by atoms with van der Waals surface area (Å²) in [6.45, 7) is 0. The number of carbonyl (C=O) groups is 1. The normalized spacial score (nSPS) is 20.5. The minimum Gasteiger partial charge on any atom is -0.460 e. The van der Waals surface area contributed by atoms with Crippen molar-refractivity contribution in [2.24, 2.45) is 0 Å². The maximum atomic E-state index is 13.0. The molecule has 0 amide bonds. The van der Waals surface area contributed by atoms with Crippen LogP contribution in [0.15, 0.2) is 60.7 Å². The predicted octanol–water partition coefficient (Wildman–Crippen LogP) is 3.84. The van der Waals surface area contributed by atoms with Crippen molar-refractivity contribution in [3.05, 3.63) is 71.8 Å². The molecule has 0 radical (unpaired) electrons. The largest absolute Gasteiger partial charge is 0.460 e. The zero-order valence-corrected chi connectivity index (χ0v) is 14.4. The van der Waals surface area contributed by atoms with E-state index in [1.54, 1.807) is 0 Å². The van der Waals surface area contributed by atoms with Gasteiger partial charge in [0.25, 0.3) is 0 Å². The lowest BCUT2D eigenvalue weighted by Gasteiger charge is -2.27. The molecule has 0 unspecified atom stereocenters. The van der Waals surface area contributed by atoms with Gasteiger partial charge in [-0.1, -0.05) is 60.7 Å². The zero-order valence-electron chi connectivity index (χ0n) is 14.4. The number of nitrogens with zero attached hydrogens (tertiary/aromatic N) is 1. The molecule has 1 aliphatic carbocycles. The Balaban J connectivity index is 1.85. The van der Waals surface area contributed by atoms with Crippen molar-refractivity contribution in [1.29, 1.82) is 0 Å². The van der Waals surface area contributed by atoms with Crippen LogP contribution in [0.4, 0.5) is 0 Å². The smallest absolute Gasteiger partial charge is 0.318 e. The molecule has 24 heavy (non-hydrogen) atoms. The van der Waals surface area contributed by atoms with Gasteiger partial charge in [-0.3, -0.25) is 4.79 Å². The molecule has 2 aromatic carbocycles. The second-order valence-corrected chi connectivity index (χ2v) is 6.69. The lowest BCUT2D eigenvalue weighted by molar-refractivity contribution is -0.151. The quantitative estimate of drug-likeness (QED) is 0.783. The predicted molar refractivity (Wildman–Crippen MR) is 95.9 cm³/mol. The second kappa shape index (κ2) is 7.63. The van der Waals surface area contributed by atoms with Gasteiger partial charge < -0.3 is 9.64 Å². The Morgan fingerprint density at radius 3 is 2.00 bits per heavy atom. The van der Waals surface area contributed by atoms with Gasteiger partial charge in [-0.15, -0.1) is 0 Å². The van der Waals surface area contributed by atoms with E-state index in [4.69, 9.17) is 4.74 Å². The Morgan fingerprint density at radius 2 is 1.50 bits per heavy atom. The molecule has 0 spiro atoms. The van der Waals surface area contributed by atoms with Crippen LogP contribution in [0.2, 0.25) is 0 Å². The third kappa shape index (κ3) is 3.68. The number of hydrogen-bond donors (Lipinski definition) is 0. The summed E-state index contributed by atoms with van der Waals surface area (Å²) in [7, 11) is 4.12. The number of carbonyl (C=O) groups excluding carboxylic acids is 1. The van der Waals surface area contributed by atoms with Gasteiger partial charge in [-0.05, 0) is 44.5 Å². The molecule has 2 atom stereocenters. The standard InChI is InChI=1S/C21H25NO2/c1-22(2)18-14-9-15-19(18)24-21(23)20(16-10-5-3-6-11-16)17-12-7-4-8-13-17/h3-8,10-13,18-20H,9,14-15H2,1-2H3/t18-,19+/m0/s1. The summed E-state index contributed by atoms with van der Waals surface area (Å²) in [5.41, 5.74) is 1.96. The number of benzene rings is 2. The van der Waals surface area contributed by atoms with E-state index in [0.717, 1.165) is 30.4 Å². The monoisotopic (exact) mass is 323 g/mol. The van der Waals surface area contributed by atoms with Crippen LogP contribution in [0.3, 0.4) is 0 Å². The van der Waals surface area contributed by atoms with Crippen LogP contribution in [0, 0.1) is 0 Å². The molecule has 3 nitrogen and oxygen atoms in total. The minimum atomic E-state index is -0.365. The summed E-state index contributed by atoms with van der Waals surface area (Å²) in [6, 6.07) is 20.1. The second-order valence-electron chi connectivity index (χ2n) is 6.69. The molecule has 126 valence electrons. The van der Waals surface area contributed by atoms with E-state index in [-0.39, 0.29) is 18.0 Å². The molecule has 3 rings (SSSR count). The van der Waals surface area contributed by atoms with Crippen molar-refractivity contribution in [3.63, 3.8) is 0 Å². The minimum absolute atomic E-state index is 0.0116. The molecule has 2 aromatic rings. The molecule has 0 bridgehead atoms. The molecule has 0 aliphatic heterocycles. The Hall–Kier alpha value is -2.13. The molecular formula is C21H25NO2. The number of hydrogen-bond acceptors (Lipinski definition) is 3. The van der Waals surface area contributed by atoms with E-state index in [2.05, 4.69) is 19.0 Å². The lowest BCUT2D eigenvalue weighted by Crippen LogP contribution is -2.38. The van der Waals surface area contributed by atoms with Crippen LogP contribution in [-0.4, -0.2) is 37.1 Å². The van der Waals surface area contributed by atoms with Crippen LogP contribution < -0.4 is 0 Å². The molecule has 0 N–H and O–H groups in total. The van der Waals surface area contributed by atoms with Gasteiger partial charge in [0.15, 0.2) is 0 Å². The van der Waals surface area contributed by atoms with Crippen LogP contribution in [0.25, 0.3) is 0 Å². The Kier molecular flexibility index (Phi) is 5.31. The lowest BCUT2D eigenvalue weighted by atomic mass is 9.91. The van der Waals surface area contributed by atoms with E-state index in [9.17, 15) is 4.79 Å². The van der Waals surface area contributed by atoms with Gasteiger partial charge in [-0.25, -0.2) is 0 Å².